The molecule has 0 bridgehead atoms. The minimum absolute atomic E-state index is 0.0684. The highest BCUT2D eigenvalue weighted by atomic mass is 19.4. The largest absolute Gasteiger partial charge is 0.416 e. The number of fused-ring (bicyclic) bond motifs is 1. The zero-order valence-electron chi connectivity index (χ0n) is 11.4. The van der Waals surface area contributed by atoms with E-state index in [-0.39, 0.29) is 11.7 Å². The number of hydrogen-bond acceptors (Lipinski definition) is 1. The van der Waals surface area contributed by atoms with E-state index in [4.69, 9.17) is 0 Å². The van der Waals surface area contributed by atoms with Crippen LogP contribution in [0.4, 0.5) is 13.2 Å². The van der Waals surface area contributed by atoms with Crippen LogP contribution in [0.5, 0.6) is 0 Å². The molecule has 0 amide bonds. The van der Waals surface area contributed by atoms with Crippen LogP contribution < -0.4 is 0 Å². The molecule has 1 nitrogen and oxygen atoms in total. The molecule has 2 aromatic carbocycles. The Morgan fingerprint density at radius 3 is 2.43 bits per heavy atom. The fourth-order valence-electron chi connectivity index (χ4n) is 2.84. The van der Waals surface area contributed by atoms with Crippen LogP contribution in [-0.4, -0.2) is 5.78 Å². The lowest BCUT2D eigenvalue weighted by Crippen LogP contribution is -2.04. The van der Waals surface area contributed by atoms with Crippen molar-refractivity contribution in [1.82, 2.24) is 0 Å². The molecule has 1 aliphatic carbocycles. The monoisotopic (exact) mass is 290 g/mol. The molecule has 0 aromatic heterocycles. The summed E-state index contributed by atoms with van der Waals surface area (Å²) in [6.45, 7) is 1.85. The lowest BCUT2D eigenvalue weighted by atomic mass is 9.95. The molecule has 0 spiro atoms. The van der Waals surface area contributed by atoms with E-state index in [0.29, 0.717) is 17.5 Å². The van der Waals surface area contributed by atoms with E-state index in [1.807, 2.05) is 6.92 Å². The molecule has 1 aliphatic rings. The smallest absolute Gasteiger partial charge is 0.294 e. The zero-order valence-corrected chi connectivity index (χ0v) is 11.4. The number of hydrogen-bond donors (Lipinski definition) is 0. The van der Waals surface area contributed by atoms with Crippen LogP contribution in [0.3, 0.4) is 0 Å². The molecule has 21 heavy (non-hydrogen) atoms. The van der Waals surface area contributed by atoms with Crippen molar-refractivity contribution >= 4 is 5.78 Å². The van der Waals surface area contributed by atoms with Gasteiger partial charge in [0, 0.05) is 11.5 Å². The Bertz CT molecular complexity index is 716. The minimum Gasteiger partial charge on any atom is -0.294 e. The number of alkyl halides is 3. The van der Waals surface area contributed by atoms with Crippen molar-refractivity contribution in [1.29, 1.82) is 0 Å². The summed E-state index contributed by atoms with van der Waals surface area (Å²) in [5.74, 6) is -0.0363. The van der Waals surface area contributed by atoms with Gasteiger partial charge in [0.15, 0.2) is 5.78 Å². The third kappa shape index (κ3) is 2.35. The number of benzene rings is 2. The Kier molecular flexibility index (Phi) is 3.12. The molecule has 1 atom stereocenters. The number of ketones is 1. The van der Waals surface area contributed by atoms with Gasteiger partial charge in [-0.15, -0.1) is 0 Å². The van der Waals surface area contributed by atoms with Crippen molar-refractivity contribution in [2.45, 2.75) is 19.5 Å². The molecule has 108 valence electrons. The Labute approximate surface area is 120 Å². The number of halogens is 3. The minimum atomic E-state index is -4.36. The molecular weight excluding hydrogens is 277 g/mol. The summed E-state index contributed by atoms with van der Waals surface area (Å²) in [5.41, 5.74) is 2.04. The zero-order chi connectivity index (χ0) is 15.2. The second-order valence-electron chi connectivity index (χ2n) is 5.38. The fourth-order valence-corrected chi connectivity index (χ4v) is 2.84. The summed E-state index contributed by atoms with van der Waals surface area (Å²) in [5, 5.41) is 0. The standard InChI is InChI=1S/C17H13F3O/c1-10-8-15-13(6-3-7-14(15)16(10)21)11-4-2-5-12(9-11)17(18,19)20/h2-7,9-10H,8H2,1H3. The van der Waals surface area contributed by atoms with E-state index in [1.54, 1.807) is 24.3 Å². The molecule has 0 saturated carbocycles. The lowest BCUT2D eigenvalue weighted by molar-refractivity contribution is -0.137. The van der Waals surface area contributed by atoms with Gasteiger partial charge < -0.3 is 0 Å². The molecule has 0 heterocycles. The first kappa shape index (κ1) is 13.9. The van der Waals surface area contributed by atoms with Crippen molar-refractivity contribution in [2.75, 3.05) is 0 Å². The molecule has 3 rings (SSSR count). The third-order valence-corrected chi connectivity index (χ3v) is 3.90. The van der Waals surface area contributed by atoms with E-state index in [2.05, 4.69) is 0 Å². The van der Waals surface area contributed by atoms with Gasteiger partial charge >= 0.3 is 6.18 Å². The molecular formula is C17H13F3O. The number of carbonyl (C=O) groups excluding carboxylic acids is 1. The molecule has 0 radical (unpaired) electrons. The van der Waals surface area contributed by atoms with Gasteiger partial charge in [-0.3, -0.25) is 4.79 Å². The van der Waals surface area contributed by atoms with Gasteiger partial charge in [-0.25, -0.2) is 0 Å². The van der Waals surface area contributed by atoms with Gasteiger partial charge in [0.1, 0.15) is 0 Å². The van der Waals surface area contributed by atoms with Crippen LogP contribution in [0.15, 0.2) is 42.5 Å². The van der Waals surface area contributed by atoms with Crippen molar-refractivity contribution in [3.8, 4) is 11.1 Å². The third-order valence-electron chi connectivity index (χ3n) is 3.90. The van der Waals surface area contributed by atoms with Gasteiger partial charge in [-0.1, -0.05) is 37.3 Å². The second-order valence-corrected chi connectivity index (χ2v) is 5.38. The highest BCUT2D eigenvalue weighted by molar-refractivity contribution is 6.03. The molecule has 0 N–H and O–H groups in total. The van der Waals surface area contributed by atoms with Crippen LogP contribution in [0.2, 0.25) is 0 Å². The van der Waals surface area contributed by atoms with Gasteiger partial charge in [0.25, 0.3) is 0 Å². The van der Waals surface area contributed by atoms with E-state index < -0.39 is 11.7 Å². The molecule has 1 unspecified atom stereocenters. The summed E-state index contributed by atoms with van der Waals surface area (Å²) >= 11 is 0. The number of carbonyl (C=O) groups is 1. The highest BCUT2D eigenvalue weighted by Gasteiger charge is 2.32. The molecule has 4 heteroatoms. The first-order chi connectivity index (χ1) is 9.88. The van der Waals surface area contributed by atoms with Crippen molar-refractivity contribution in [3.05, 3.63) is 59.2 Å². The van der Waals surface area contributed by atoms with Crippen molar-refractivity contribution in [2.24, 2.45) is 5.92 Å². The summed E-state index contributed by atoms with van der Waals surface area (Å²) < 4.78 is 38.5. The first-order valence-corrected chi connectivity index (χ1v) is 6.71. The molecule has 0 aliphatic heterocycles. The summed E-state index contributed by atoms with van der Waals surface area (Å²) in [6, 6.07) is 10.5. The van der Waals surface area contributed by atoms with Crippen molar-refractivity contribution < 1.29 is 18.0 Å². The highest BCUT2D eigenvalue weighted by Crippen LogP contribution is 2.37. The predicted octanol–water partition coefficient (Wildman–Crippen LogP) is 4.75. The summed E-state index contributed by atoms with van der Waals surface area (Å²) in [4.78, 5) is 12.0. The maximum atomic E-state index is 12.8. The van der Waals surface area contributed by atoms with Crippen LogP contribution in [-0.2, 0) is 12.6 Å². The van der Waals surface area contributed by atoms with E-state index in [0.717, 1.165) is 23.3 Å². The topological polar surface area (TPSA) is 17.1 Å². The number of Topliss-reactive ketones (excluding diaryl/α,β-unsaturated/α-hetero) is 1. The predicted molar refractivity (Wildman–Crippen MR) is 74.1 cm³/mol. The maximum Gasteiger partial charge on any atom is 0.416 e. The molecule has 0 saturated heterocycles. The second kappa shape index (κ2) is 4.72. The number of rotatable bonds is 1. The van der Waals surface area contributed by atoms with Crippen LogP contribution >= 0.6 is 0 Å². The summed E-state index contributed by atoms with van der Waals surface area (Å²) in [6.07, 6.45) is -3.78. The van der Waals surface area contributed by atoms with Crippen LogP contribution in [0, 0.1) is 5.92 Å². The van der Waals surface area contributed by atoms with E-state index >= 15 is 0 Å². The van der Waals surface area contributed by atoms with Gasteiger partial charge in [0.2, 0.25) is 0 Å². The average molecular weight is 290 g/mol. The van der Waals surface area contributed by atoms with Gasteiger partial charge in [0.05, 0.1) is 5.56 Å². The van der Waals surface area contributed by atoms with E-state index in [9.17, 15) is 18.0 Å². The Morgan fingerprint density at radius 1 is 1.05 bits per heavy atom. The Morgan fingerprint density at radius 2 is 1.71 bits per heavy atom. The Hall–Kier alpha value is -2.10. The average Bonchev–Trinajstić information content (AvgIpc) is 2.74. The SMILES string of the molecule is CC1Cc2c(cccc2-c2cccc(C(F)(F)F)c2)C1=O. The van der Waals surface area contributed by atoms with Gasteiger partial charge in [-0.05, 0) is 35.2 Å². The Balaban J connectivity index is 2.14. The quantitative estimate of drug-likeness (QED) is 0.741. The molecule has 2 aromatic rings. The fraction of sp³-hybridized carbons (Fsp3) is 0.235. The maximum absolute atomic E-state index is 12.8. The molecule has 0 fully saturated rings. The summed E-state index contributed by atoms with van der Waals surface area (Å²) in [7, 11) is 0. The van der Waals surface area contributed by atoms with Crippen LogP contribution in [0.25, 0.3) is 11.1 Å². The lowest BCUT2D eigenvalue weighted by Gasteiger charge is -2.11. The normalized spacial score (nSPS) is 17.9. The first-order valence-electron chi connectivity index (χ1n) is 6.71. The van der Waals surface area contributed by atoms with Crippen molar-refractivity contribution in [3.63, 3.8) is 0 Å². The van der Waals surface area contributed by atoms with Crippen LogP contribution in [0.1, 0.15) is 28.4 Å². The van der Waals surface area contributed by atoms with Gasteiger partial charge in [-0.2, -0.15) is 13.2 Å². The van der Waals surface area contributed by atoms with E-state index in [1.165, 1.54) is 6.07 Å².